The Kier molecular flexibility index (Phi) is 3.51. The monoisotopic (exact) mass is 293 g/mol. The van der Waals surface area contributed by atoms with E-state index >= 15 is 0 Å². The van der Waals surface area contributed by atoms with E-state index in [9.17, 15) is 14.7 Å². The van der Waals surface area contributed by atoms with E-state index < -0.39 is 17.7 Å². The number of carbonyl (C=O) groups is 2. The molecule has 1 amide bonds. The fourth-order valence-corrected chi connectivity index (χ4v) is 2.53. The molecule has 3 rings (SSSR count). The molecule has 0 radical (unpaired) electrons. The van der Waals surface area contributed by atoms with Gasteiger partial charge in [0, 0.05) is 5.56 Å². The molecule has 0 aromatic heterocycles. The predicted molar refractivity (Wildman–Crippen MR) is 83.1 cm³/mol. The van der Waals surface area contributed by atoms with Crippen LogP contribution in [0.3, 0.4) is 0 Å². The maximum Gasteiger partial charge on any atom is 0.293 e. The fourth-order valence-electron chi connectivity index (χ4n) is 2.53. The SMILES string of the molecule is Cc1ccc(C(O)=C2C(=O)C(=O)N[C@H]2c2ccccc2)cc1. The lowest BCUT2D eigenvalue weighted by Gasteiger charge is -2.13. The number of benzene rings is 2. The van der Waals surface area contributed by atoms with Gasteiger partial charge in [-0.1, -0.05) is 60.2 Å². The molecule has 4 nitrogen and oxygen atoms in total. The Morgan fingerprint density at radius 1 is 1.00 bits per heavy atom. The van der Waals surface area contributed by atoms with E-state index in [4.69, 9.17) is 0 Å². The molecule has 1 atom stereocenters. The van der Waals surface area contributed by atoms with Crippen molar-refractivity contribution in [1.82, 2.24) is 5.32 Å². The van der Waals surface area contributed by atoms with Crippen molar-refractivity contribution < 1.29 is 14.7 Å². The molecule has 2 aromatic rings. The maximum atomic E-state index is 12.1. The molecular formula is C18H15NO3. The molecule has 1 fully saturated rings. The smallest absolute Gasteiger partial charge is 0.293 e. The molecule has 1 saturated heterocycles. The average Bonchev–Trinajstić information content (AvgIpc) is 2.84. The molecule has 1 aliphatic heterocycles. The zero-order chi connectivity index (χ0) is 15.7. The van der Waals surface area contributed by atoms with E-state index in [1.54, 1.807) is 12.1 Å². The third kappa shape index (κ3) is 2.39. The highest BCUT2D eigenvalue weighted by atomic mass is 16.3. The highest BCUT2D eigenvalue weighted by molar-refractivity contribution is 6.46. The van der Waals surface area contributed by atoms with Gasteiger partial charge < -0.3 is 10.4 Å². The van der Waals surface area contributed by atoms with Crippen molar-refractivity contribution in [3.05, 3.63) is 76.9 Å². The summed E-state index contributed by atoms with van der Waals surface area (Å²) >= 11 is 0. The number of hydrogen-bond acceptors (Lipinski definition) is 3. The van der Waals surface area contributed by atoms with Gasteiger partial charge in [-0.3, -0.25) is 9.59 Å². The summed E-state index contributed by atoms with van der Waals surface area (Å²) < 4.78 is 0. The Labute approximate surface area is 128 Å². The minimum Gasteiger partial charge on any atom is -0.507 e. The lowest BCUT2D eigenvalue weighted by Crippen LogP contribution is -2.21. The lowest BCUT2D eigenvalue weighted by molar-refractivity contribution is -0.133. The highest BCUT2D eigenvalue weighted by Crippen LogP contribution is 2.32. The zero-order valence-electron chi connectivity index (χ0n) is 12.0. The Balaban J connectivity index is 2.11. The topological polar surface area (TPSA) is 66.4 Å². The molecule has 1 heterocycles. The first-order valence-electron chi connectivity index (χ1n) is 6.98. The molecule has 2 aromatic carbocycles. The van der Waals surface area contributed by atoms with Gasteiger partial charge >= 0.3 is 0 Å². The van der Waals surface area contributed by atoms with Crippen molar-refractivity contribution in [2.75, 3.05) is 0 Å². The van der Waals surface area contributed by atoms with Gasteiger partial charge in [-0.25, -0.2) is 0 Å². The van der Waals surface area contributed by atoms with E-state index in [0.29, 0.717) is 5.56 Å². The first-order chi connectivity index (χ1) is 10.6. The number of aliphatic hydroxyl groups is 1. The molecule has 0 spiro atoms. The summed E-state index contributed by atoms with van der Waals surface area (Å²) in [6.07, 6.45) is 0. The molecular weight excluding hydrogens is 278 g/mol. The quantitative estimate of drug-likeness (QED) is 0.508. The lowest BCUT2D eigenvalue weighted by atomic mass is 9.96. The van der Waals surface area contributed by atoms with Crippen LogP contribution in [0.25, 0.3) is 5.76 Å². The van der Waals surface area contributed by atoms with Gasteiger partial charge in [0.25, 0.3) is 11.7 Å². The van der Waals surface area contributed by atoms with Crippen molar-refractivity contribution in [2.24, 2.45) is 0 Å². The van der Waals surface area contributed by atoms with Crippen LogP contribution in [0.1, 0.15) is 22.7 Å². The summed E-state index contributed by atoms with van der Waals surface area (Å²) in [4.78, 5) is 23.9. The Bertz CT molecular complexity index is 761. The summed E-state index contributed by atoms with van der Waals surface area (Å²) in [7, 11) is 0. The molecule has 22 heavy (non-hydrogen) atoms. The molecule has 110 valence electrons. The normalized spacial score (nSPS) is 20.0. The number of hydrogen-bond donors (Lipinski definition) is 2. The third-order valence-corrected chi connectivity index (χ3v) is 3.73. The van der Waals surface area contributed by atoms with Crippen LogP contribution >= 0.6 is 0 Å². The van der Waals surface area contributed by atoms with Crippen molar-refractivity contribution in [3.63, 3.8) is 0 Å². The molecule has 0 saturated carbocycles. The second-order valence-corrected chi connectivity index (χ2v) is 5.27. The second-order valence-electron chi connectivity index (χ2n) is 5.27. The minimum absolute atomic E-state index is 0.0973. The van der Waals surface area contributed by atoms with Crippen molar-refractivity contribution in [3.8, 4) is 0 Å². The first kappa shape index (κ1) is 14.1. The van der Waals surface area contributed by atoms with Gasteiger partial charge in [-0.2, -0.15) is 0 Å². The number of carbonyl (C=O) groups excluding carboxylic acids is 2. The largest absolute Gasteiger partial charge is 0.507 e. The molecule has 1 aliphatic rings. The highest BCUT2D eigenvalue weighted by Gasteiger charge is 2.39. The van der Waals surface area contributed by atoms with Crippen LogP contribution in [0, 0.1) is 6.92 Å². The summed E-state index contributed by atoms with van der Waals surface area (Å²) in [6.45, 7) is 1.94. The van der Waals surface area contributed by atoms with Gasteiger partial charge in [0.2, 0.25) is 0 Å². The summed E-state index contributed by atoms with van der Waals surface area (Å²) in [5, 5.41) is 13.1. The Morgan fingerprint density at radius 3 is 2.27 bits per heavy atom. The number of aryl methyl sites for hydroxylation is 1. The van der Waals surface area contributed by atoms with Crippen LogP contribution in [-0.4, -0.2) is 16.8 Å². The van der Waals surface area contributed by atoms with E-state index in [-0.39, 0.29) is 11.3 Å². The number of Topliss-reactive ketones (excluding diaryl/α,β-unsaturated/α-hetero) is 1. The molecule has 2 N–H and O–H groups in total. The van der Waals surface area contributed by atoms with Gasteiger partial charge in [-0.05, 0) is 12.5 Å². The zero-order valence-corrected chi connectivity index (χ0v) is 12.0. The van der Waals surface area contributed by atoms with Crippen molar-refractivity contribution in [2.45, 2.75) is 13.0 Å². The second kappa shape index (κ2) is 5.48. The van der Waals surface area contributed by atoms with Gasteiger partial charge in [0.1, 0.15) is 5.76 Å². The number of nitrogens with one attached hydrogen (secondary N) is 1. The number of rotatable bonds is 2. The van der Waals surface area contributed by atoms with Crippen molar-refractivity contribution in [1.29, 1.82) is 0 Å². The Morgan fingerprint density at radius 2 is 1.64 bits per heavy atom. The van der Waals surface area contributed by atoms with Gasteiger partial charge in [-0.15, -0.1) is 0 Å². The minimum atomic E-state index is -0.692. The van der Waals surface area contributed by atoms with E-state index in [1.807, 2.05) is 49.4 Å². The molecule has 4 heteroatoms. The molecule has 0 unspecified atom stereocenters. The number of amides is 1. The summed E-state index contributed by atoms with van der Waals surface area (Å²) in [5.41, 5.74) is 2.43. The Hall–Kier alpha value is -2.88. The third-order valence-electron chi connectivity index (χ3n) is 3.73. The molecule has 0 aliphatic carbocycles. The summed E-state index contributed by atoms with van der Waals surface area (Å²) in [5.74, 6) is -1.54. The average molecular weight is 293 g/mol. The van der Waals surface area contributed by atoms with Gasteiger partial charge in [0.15, 0.2) is 0 Å². The van der Waals surface area contributed by atoms with Crippen LogP contribution < -0.4 is 5.32 Å². The fraction of sp³-hybridized carbons (Fsp3) is 0.111. The van der Waals surface area contributed by atoms with Crippen LogP contribution in [0.15, 0.2) is 60.2 Å². The first-order valence-corrected chi connectivity index (χ1v) is 6.98. The number of aliphatic hydroxyl groups excluding tert-OH is 1. The van der Waals surface area contributed by atoms with Crippen LogP contribution in [-0.2, 0) is 9.59 Å². The van der Waals surface area contributed by atoms with Crippen LogP contribution in [0.4, 0.5) is 0 Å². The van der Waals surface area contributed by atoms with E-state index in [2.05, 4.69) is 5.32 Å². The van der Waals surface area contributed by atoms with Crippen molar-refractivity contribution >= 4 is 17.4 Å². The predicted octanol–water partition coefficient (Wildman–Crippen LogP) is 2.70. The van der Waals surface area contributed by atoms with Crippen LogP contribution in [0.5, 0.6) is 0 Å². The van der Waals surface area contributed by atoms with E-state index in [0.717, 1.165) is 11.1 Å². The maximum absolute atomic E-state index is 12.1. The van der Waals surface area contributed by atoms with Gasteiger partial charge in [0.05, 0.1) is 11.6 Å². The van der Waals surface area contributed by atoms with E-state index in [1.165, 1.54) is 0 Å². The standard InChI is InChI=1S/C18H15NO3/c1-11-7-9-13(10-8-11)16(20)14-15(19-18(22)17(14)21)12-5-3-2-4-6-12/h2-10,15,20H,1H3,(H,19,22)/t15-/m0/s1. The number of ketones is 1. The van der Waals surface area contributed by atoms with Crippen LogP contribution in [0.2, 0.25) is 0 Å². The molecule has 0 bridgehead atoms. The summed E-state index contributed by atoms with van der Waals surface area (Å²) in [6, 6.07) is 15.7.